The molecule has 1 aliphatic rings. The first kappa shape index (κ1) is 29.4. The van der Waals surface area contributed by atoms with Crippen molar-refractivity contribution in [3.05, 3.63) is 60.2 Å². The average Bonchev–Trinajstić information content (AvgIpc) is 3.55. The fourth-order valence-electron chi connectivity index (χ4n) is 3.90. The lowest BCUT2D eigenvalue weighted by molar-refractivity contribution is 0.397. The molecule has 3 aromatic carbocycles. The van der Waals surface area contributed by atoms with E-state index in [4.69, 9.17) is 9.47 Å². The van der Waals surface area contributed by atoms with Gasteiger partial charge >= 0.3 is 0 Å². The molecular formula is C22H19N5O11S4. The van der Waals surface area contributed by atoms with Crippen LogP contribution in [0.1, 0.15) is 5.56 Å². The molecule has 1 aliphatic heterocycles. The van der Waals surface area contributed by atoms with Crippen molar-refractivity contribution >= 4 is 68.6 Å². The van der Waals surface area contributed by atoms with E-state index in [0.717, 1.165) is 34.7 Å². The summed E-state index contributed by atoms with van der Waals surface area (Å²) in [6.45, 7) is 0. The van der Waals surface area contributed by atoms with E-state index >= 15 is 0 Å². The first-order chi connectivity index (χ1) is 19.6. The number of ether oxygens (including phenoxy) is 2. The molecule has 0 saturated carbocycles. The number of rotatable bonds is 8. The lowest BCUT2D eigenvalue weighted by Gasteiger charge is -2.25. The Bertz CT molecular complexity index is 2100. The topological polar surface area (TPSA) is 225 Å². The number of aromatic nitrogens is 1. The summed E-state index contributed by atoms with van der Waals surface area (Å²) in [5, 5.41) is 6.85. The van der Waals surface area contributed by atoms with Gasteiger partial charge in [-0.05, 0) is 54.6 Å². The van der Waals surface area contributed by atoms with Gasteiger partial charge in [0.2, 0.25) is 5.13 Å². The van der Waals surface area contributed by atoms with Gasteiger partial charge in [0.1, 0.15) is 21.3 Å². The quantitative estimate of drug-likeness (QED) is 0.199. The number of nitrogens with zero attached hydrogens (tertiary/aromatic N) is 4. The number of fused-ring (bicyclic) bond motifs is 1. The molecule has 4 N–H and O–H groups in total. The molecule has 1 aromatic heterocycles. The summed E-state index contributed by atoms with van der Waals surface area (Å²) in [6.07, 6.45) is 0. The minimum atomic E-state index is -5.07. The second-order valence-corrected chi connectivity index (χ2v) is 13.6. The predicted octanol–water partition coefficient (Wildman–Crippen LogP) is 2.16. The van der Waals surface area contributed by atoms with E-state index in [2.05, 4.69) is 15.5 Å². The number of hydrogen-bond acceptors (Lipinski definition) is 14. The van der Waals surface area contributed by atoms with E-state index in [9.17, 15) is 38.9 Å². The maximum absolute atomic E-state index is 12.2. The highest BCUT2D eigenvalue weighted by molar-refractivity contribution is 7.86. The van der Waals surface area contributed by atoms with E-state index in [1.807, 2.05) is 0 Å². The molecular weight excluding hydrogens is 639 g/mol. The predicted molar refractivity (Wildman–Crippen MR) is 150 cm³/mol. The van der Waals surface area contributed by atoms with Gasteiger partial charge in [0.15, 0.2) is 5.84 Å². The van der Waals surface area contributed by atoms with Gasteiger partial charge in [-0.3, -0.25) is 19.1 Å². The molecule has 0 aliphatic carbocycles. The molecule has 0 atom stereocenters. The minimum absolute atomic E-state index is 0.0192. The van der Waals surface area contributed by atoms with Crippen LogP contribution in [-0.4, -0.2) is 64.0 Å². The highest BCUT2D eigenvalue weighted by Crippen LogP contribution is 2.37. The average molecular weight is 658 g/mol. The van der Waals surface area contributed by atoms with Crippen LogP contribution in [0.4, 0.5) is 10.8 Å². The molecule has 0 saturated heterocycles. The summed E-state index contributed by atoms with van der Waals surface area (Å²) in [5.41, 5.74) is 3.06. The Morgan fingerprint density at radius 2 is 1.52 bits per heavy atom. The third-order valence-corrected chi connectivity index (χ3v) is 9.41. The van der Waals surface area contributed by atoms with Crippen LogP contribution in [0.25, 0.3) is 10.2 Å². The number of thiazole rings is 1. The first-order valence-electron chi connectivity index (χ1n) is 11.2. The summed E-state index contributed by atoms with van der Waals surface area (Å²) < 4.78 is 112. The molecule has 0 amide bonds. The number of nitrogens with one attached hydrogen (secondary N) is 1. The maximum Gasteiger partial charge on any atom is 0.298 e. The van der Waals surface area contributed by atoms with Crippen molar-refractivity contribution in [2.75, 3.05) is 24.5 Å². The maximum atomic E-state index is 12.2. The fourth-order valence-corrected chi connectivity index (χ4v) is 6.82. The monoisotopic (exact) mass is 657 g/mol. The molecule has 0 radical (unpaired) electrons. The zero-order valence-electron chi connectivity index (χ0n) is 21.2. The lowest BCUT2D eigenvalue weighted by atomic mass is 10.2. The lowest BCUT2D eigenvalue weighted by Crippen LogP contribution is -2.44. The molecule has 20 heteroatoms. The summed E-state index contributed by atoms with van der Waals surface area (Å²) in [6, 6.07) is 11.2. The van der Waals surface area contributed by atoms with E-state index < -0.39 is 45.0 Å². The van der Waals surface area contributed by atoms with Gasteiger partial charge in [-0.2, -0.15) is 25.3 Å². The van der Waals surface area contributed by atoms with Gasteiger partial charge in [-0.25, -0.2) is 4.98 Å². The first-order valence-corrected chi connectivity index (χ1v) is 16.4. The van der Waals surface area contributed by atoms with E-state index in [-0.39, 0.29) is 28.0 Å². The van der Waals surface area contributed by atoms with E-state index in [1.165, 1.54) is 31.5 Å². The third kappa shape index (κ3) is 5.55. The molecule has 16 nitrogen and oxygen atoms in total. The minimum Gasteiger partial charge on any atom is -0.497 e. The molecule has 222 valence electrons. The van der Waals surface area contributed by atoms with Crippen molar-refractivity contribution in [2.24, 2.45) is 5.10 Å². The number of amidine groups is 1. The second kappa shape index (κ2) is 10.3. The van der Waals surface area contributed by atoms with Crippen molar-refractivity contribution < 1.29 is 48.4 Å². The summed E-state index contributed by atoms with van der Waals surface area (Å²) in [7, 11) is -12.0. The van der Waals surface area contributed by atoms with Crippen molar-refractivity contribution in [2.45, 2.75) is 14.7 Å². The summed E-state index contributed by atoms with van der Waals surface area (Å²) >= 11 is 1.14. The highest BCUT2D eigenvalue weighted by Gasteiger charge is 2.33. The van der Waals surface area contributed by atoms with Gasteiger partial charge in [0.25, 0.3) is 30.4 Å². The van der Waals surface area contributed by atoms with Gasteiger partial charge in [0, 0.05) is 5.56 Å². The zero-order chi connectivity index (χ0) is 30.6. The van der Waals surface area contributed by atoms with Crippen LogP contribution in [-0.2, 0) is 30.4 Å². The van der Waals surface area contributed by atoms with E-state index in [1.54, 1.807) is 18.2 Å². The Kier molecular flexibility index (Phi) is 7.25. The smallest absolute Gasteiger partial charge is 0.298 e. The van der Waals surface area contributed by atoms with Crippen LogP contribution in [0, 0.1) is 0 Å². The second-order valence-electron chi connectivity index (χ2n) is 8.41. The number of hydrazone groups is 1. The normalized spacial score (nSPS) is 14.2. The molecule has 5 rings (SSSR count). The van der Waals surface area contributed by atoms with Crippen LogP contribution in [0.5, 0.6) is 11.5 Å². The van der Waals surface area contributed by atoms with Crippen molar-refractivity contribution in [1.29, 1.82) is 0 Å². The van der Waals surface area contributed by atoms with Gasteiger partial charge < -0.3 is 9.47 Å². The van der Waals surface area contributed by atoms with Crippen molar-refractivity contribution in [1.82, 2.24) is 10.4 Å². The Balaban J connectivity index is 1.71. The largest absolute Gasteiger partial charge is 0.497 e. The Morgan fingerprint density at radius 3 is 2.14 bits per heavy atom. The van der Waals surface area contributed by atoms with Crippen LogP contribution in [0.3, 0.4) is 0 Å². The van der Waals surface area contributed by atoms with Gasteiger partial charge in [-0.1, -0.05) is 11.3 Å². The third-order valence-electron chi connectivity index (χ3n) is 5.80. The molecule has 4 aromatic rings. The van der Waals surface area contributed by atoms with E-state index in [0.29, 0.717) is 22.0 Å². The van der Waals surface area contributed by atoms with Crippen LogP contribution in [0.15, 0.2) is 74.4 Å². The standard InChI is InChI=1S/C22H19N5O11S4/c1-37-13-4-7-16-18(10-13)39-22(23-16)27-25-21(15-6-5-14(40(28,29)30)11-19(15)41(31,32)33)24-26(27)12-3-8-17(38-2)20(9-12)42(34,35)36/h3-11H,1-2H3,(H,24,25)(H,28,29,30)(H,31,32,33)(H,34,35,36). The number of hydrazine groups is 2. The molecule has 0 spiro atoms. The molecule has 0 unspecified atom stereocenters. The number of benzene rings is 3. The number of hydrogen-bond donors (Lipinski definition) is 4. The van der Waals surface area contributed by atoms with Gasteiger partial charge in [-0.15, -0.1) is 15.3 Å². The number of methoxy groups -OCH3 is 2. The Labute approximate surface area is 242 Å². The van der Waals surface area contributed by atoms with Crippen LogP contribution >= 0.6 is 11.3 Å². The Hall–Kier alpha value is -4.05. The van der Waals surface area contributed by atoms with Crippen LogP contribution in [0.2, 0.25) is 0 Å². The molecule has 42 heavy (non-hydrogen) atoms. The zero-order valence-corrected chi connectivity index (χ0v) is 24.5. The highest BCUT2D eigenvalue weighted by atomic mass is 32.2. The molecule has 2 heterocycles. The SMILES string of the molecule is COc1ccc2nc(N3NC(c4ccc(S(=O)(=O)O)cc4S(=O)(=O)O)=NN3c3ccc(OC)c(S(=O)(=O)O)c3)sc2c1. The van der Waals surface area contributed by atoms with Crippen LogP contribution < -0.4 is 25.1 Å². The molecule has 0 fully saturated rings. The van der Waals surface area contributed by atoms with Crippen molar-refractivity contribution in [3.63, 3.8) is 0 Å². The molecule has 0 bridgehead atoms. The van der Waals surface area contributed by atoms with Gasteiger partial charge in [0.05, 0.1) is 35.0 Å². The Morgan fingerprint density at radius 1 is 0.810 bits per heavy atom. The fraction of sp³-hybridized carbons (Fsp3) is 0.0909. The summed E-state index contributed by atoms with van der Waals surface area (Å²) in [4.78, 5) is 2.22. The van der Waals surface area contributed by atoms with Crippen molar-refractivity contribution in [3.8, 4) is 11.5 Å². The number of anilines is 2. The summed E-state index contributed by atoms with van der Waals surface area (Å²) in [5.74, 6) is 0.113.